The number of rotatable bonds is 7. The Bertz CT molecular complexity index is 502. The number of nitrogens with two attached hydrogens (primary N) is 1. The molecule has 0 saturated heterocycles. The summed E-state index contributed by atoms with van der Waals surface area (Å²) in [5, 5.41) is 0. The van der Waals surface area contributed by atoms with Gasteiger partial charge in [-0.25, -0.2) is 13.1 Å². The van der Waals surface area contributed by atoms with Crippen molar-refractivity contribution < 1.29 is 8.42 Å². The summed E-state index contributed by atoms with van der Waals surface area (Å²) in [4.78, 5) is 0. The van der Waals surface area contributed by atoms with Crippen molar-refractivity contribution in [2.75, 3.05) is 12.3 Å². The van der Waals surface area contributed by atoms with Crippen LogP contribution >= 0.6 is 0 Å². The summed E-state index contributed by atoms with van der Waals surface area (Å²) in [6.07, 6.45) is 1.50. The Morgan fingerprint density at radius 2 is 1.65 bits per heavy atom. The number of benzene rings is 1. The van der Waals surface area contributed by atoms with Gasteiger partial charge < -0.3 is 5.73 Å². The highest BCUT2D eigenvalue weighted by atomic mass is 32.2. The fraction of sp³-hybridized carbons (Fsp3) is 0.600. The third-order valence-electron chi connectivity index (χ3n) is 3.07. The zero-order valence-electron chi connectivity index (χ0n) is 12.6. The zero-order chi connectivity index (χ0) is 15.2. The summed E-state index contributed by atoms with van der Waals surface area (Å²) in [7, 11) is -3.20. The van der Waals surface area contributed by atoms with E-state index in [9.17, 15) is 8.42 Å². The predicted molar refractivity (Wildman–Crippen MR) is 83.9 cm³/mol. The number of hydrogen-bond donors (Lipinski definition) is 2. The summed E-state index contributed by atoms with van der Waals surface area (Å²) in [5.74, 6) is 0.168. The second kappa shape index (κ2) is 7.20. The molecule has 0 aliphatic heterocycles. The molecule has 0 fully saturated rings. The van der Waals surface area contributed by atoms with Crippen LogP contribution in [-0.4, -0.2) is 20.7 Å². The normalized spacial score (nSPS) is 12.6. The van der Waals surface area contributed by atoms with Crippen LogP contribution in [0.15, 0.2) is 24.3 Å². The first kappa shape index (κ1) is 17.1. The van der Waals surface area contributed by atoms with Gasteiger partial charge in [0.05, 0.1) is 5.75 Å². The minimum Gasteiger partial charge on any atom is -0.330 e. The van der Waals surface area contributed by atoms with E-state index < -0.39 is 10.0 Å². The molecule has 1 aromatic carbocycles. The molecule has 5 heteroatoms. The molecule has 4 nitrogen and oxygen atoms in total. The van der Waals surface area contributed by atoms with Gasteiger partial charge in [-0.15, -0.1) is 0 Å². The maximum atomic E-state index is 11.9. The van der Waals surface area contributed by atoms with E-state index in [-0.39, 0.29) is 11.2 Å². The Kier molecular flexibility index (Phi) is 6.17. The fourth-order valence-corrected chi connectivity index (χ4v) is 3.11. The van der Waals surface area contributed by atoms with Crippen molar-refractivity contribution in [3.8, 4) is 0 Å². The fourth-order valence-electron chi connectivity index (χ4n) is 1.70. The van der Waals surface area contributed by atoms with Gasteiger partial charge >= 0.3 is 0 Å². The highest BCUT2D eigenvalue weighted by Gasteiger charge is 2.16. The van der Waals surface area contributed by atoms with Gasteiger partial charge in [-0.1, -0.05) is 45.0 Å². The molecule has 0 aliphatic rings. The average Bonchev–Trinajstić information content (AvgIpc) is 2.36. The molecule has 0 aliphatic carbocycles. The second-order valence-electron chi connectivity index (χ2n) is 6.31. The van der Waals surface area contributed by atoms with Crippen LogP contribution in [0.25, 0.3) is 0 Å². The lowest BCUT2D eigenvalue weighted by Gasteiger charge is -2.17. The van der Waals surface area contributed by atoms with E-state index in [1.165, 1.54) is 5.56 Å². The number of nitrogens with one attached hydrogen (secondary N) is 1. The number of sulfonamides is 1. The SMILES string of the molecule is CC(C)(C)CCS(=O)(=O)NCc1ccc(CCN)cc1. The summed E-state index contributed by atoms with van der Waals surface area (Å²) >= 11 is 0. The molecular formula is C15H26N2O2S. The monoisotopic (exact) mass is 298 g/mol. The van der Waals surface area contributed by atoms with E-state index in [0.29, 0.717) is 19.5 Å². The van der Waals surface area contributed by atoms with Crippen molar-refractivity contribution in [3.63, 3.8) is 0 Å². The molecule has 0 radical (unpaired) electrons. The van der Waals surface area contributed by atoms with Crippen LogP contribution in [0.5, 0.6) is 0 Å². The van der Waals surface area contributed by atoms with Gasteiger partial charge in [0.15, 0.2) is 0 Å². The average molecular weight is 298 g/mol. The van der Waals surface area contributed by atoms with Crippen molar-refractivity contribution in [1.82, 2.24) is 4.72 Å². The molecular weight excluding hydrogens is 272 g/mol. The standard InChI is InChI=1S/C15H26N2O2S/c1-15(2,3)9-11-20(18,19)17-12-14-6-4-13(5-7-14)8-10-16/h4-7,17H,8-12,16H2,1-3H3. The topological polar surface area (TPSA) is 72.2 Å². The van der Waals surface area contributed by atoms with Gasteiger partial charge in [-0.3, -0.25) is 0 Å². The van der Waals surface area contributed by atoms with Crippen LogP contribution in [0.4, 0.5) is 0 Å². The Labute approximate surface area is 122 Å². The van der Waals surface area contributed by atoms with Gasteiger partial charge in [0.2, 0.25) is 10.0 Å². The first-order valence-corrected chi connectivity index (χ1v) is 8.62. The Morgan fingerprint density at radius 1 is 1.10 bits per heavy atom. The van der Waals surface area contributed by atoms with Gasteiger partial charge in [0, 0.05) is 6.54 Å². The molecule has 3 N–H and O–H groups in total. The summed E-state index contributed by atoms with van der Waals surface area (Å²) in [5.41, 5.74) is 7.65. The predicted octanol–water partition coefficient (Wildman–Crippen LogP) is 2.04. The Hall–Kier alpha value is -0.910. The molecule has 0 atom stereocenters. The molecule has 1 rings (SSSR count). The van der Waals surface area contributed by atoms with Gasteiger partial charge in [-0.2, -0.15) is 0 Å². The van der Waals surface area contributed by atoms with Crippen molar-refractivity contribution in [3.05, 3.63) is 35.4 Å². The Morgan fingerprint density at radius 3 is 2.15 bits per heavy atom. The first-order chi connectivity index (χ1) is 9.22. The second-order valence-corrected chi connectivity index (χ2v) is 8.23. The van der Waals surface area contributed by atoms with Crippen molar-refractivity contribution in [1.29, 1.82) is 0 Å². The molecule has 0 amide bonds. The van der Waals surface area contributed by atoms with E-state index in [1.54, 1.807) is 0 Å². The van der Waals surface area contributed by atoms with Gasteiger partial charge in [-0.05, 0) is 35.9 Å². The van der Waals surface area contributed by atoms with Gasteiger partial charge in [0.1, 0.15) is 0 Å². The van der Waals surface area contributed by atoms with Crippen molar-refractivity contribution >= 4 is 10.0 Å². The molecule has 1 aromatic rings. The van der Waals surface area contributed by atoms with E-state index in [1.807, 2.05) is 45.0 Å². The molecule has 0 unspecified atom stereocenters. The van der Waals surface area contributed by atoms with Crippen molar-refractivity contribution in [2.45, 2.75) is 40.2 Å². The zero-order valence-corrected chi connectivity index (χ0v) is 13.5. The molecule has 0 aromatic heterocycles. The lowest BCUT2D eigenvalue weighted by Crippen LogP contribution is -2.28. The maximum absolute atomic E-state index is 11.9. The van der Waals surface area contributed by atoms with Crippen LogP contribution in [0.3, 0.4) is 0 Å². The summed E-state index contributed by atoms with van der Waals surface area (Å²) < 4.78 is 26.4. The van der Waals surface area contributed by atoms with Crippen LogP contribution in [0, 0.1) is 5.41 Å². The molecule has 20 heavy (non-hydrogen) atoms. The lowest BCUT2D eigenvalue weighted by atomic mass is 9.94. The number of hydrogen-bond acceptors (Lipinski definition) is 3. The summed E-state index contributed by atoms with van der Waals surface area (Å²) in [6, 6.07) is 7.87. The van der Waals surface area contributed by atoms with E-state index in [4.69, 9.17) is 5.73 Å². The van der Waals surface area contributed by atoms with Crippen LogP contribution < -0.4 is 10.5 Å². The minimum atomic E-state index is -3.20. The maximum Gasteiger partial charge on any atom is 0.211 e. The smallest absolute Gasteiger partial charge is 0.211 e. The highest BCUT2D eigenvalue weighted by molar-refractivity contribution is 7.89. The van der Waals surface area contributed by atoms with Gasteiger partial charge in [0.25, 0.3) is 0 Å². The minimum absolute atomic E-state index is 0.0264. The first-order valence-electron chi connectivity index (χ1n) is 6.97. The lowest BCUT2D eigenvalue weighted by molar-refractivity contribution is 0.396. The molecule has 114 valence electrons. The van der Waals surface area contributed by atoms with E-state index in [0.717, 1.165) is 12.0 Å². The molecule has 0 heterocycles. The molecule has 0 bridgehead atoms. The van der Waals surface area contributed by atoms with Crippen LogP contribution in [0.2, 0.25) is 0 Å². The van der Waals surface area contributed by atoms with Crippen molar-refractivity contribution in [2.24, 2.45) is 11.1 Å². The Balaban J connectivity index is 2.49. The van der Waals surface area contributed by atoms with Crippen LogP contribution in [0.1, 0.15) is 38.3 Å². The third-order valence-corrected chi connectivity index (χ3v) is 4.40. The van der Waals surface area contributed by atoms with Crippen LogP contribution in [-0.2, 0) is 23.0 Å². The largest absolute Gasteiger partial charge is 0.330 e. The third kappa shape index (κ3) is 7.03. The van der Waals surface area contributed by atoms with E-state index >= 15 is 0 Å². The quantitative estimate of drug-likeness (QED) is 0.809. The summed E-state index contributed by atoms with van der Waals surface area (Å²) in [6.45, 7) is 7.09. The molecule has 0 spiro atoms. The van der Waals surface area contributed by atoms with E-state index in [2.05, 4.69) is 4.72 Å². The highest BCUT2D eigenvalue weighted by Crippen LogP contribution is 2.19. The molecule has 0 saturated carbocycles.